The first-order chi connectivity index (χ1) is 6.57. The van der Waals surface area contributed by atoms with Gasteiger partial charge < -0.3 is 21.7 Å². The molecule has 1 atom stereocenters. The zero-order chi connectivity index (χ0) is 10.7. The maximum absolute atomic E-state index is 10.7. The van der Waals surface area contributed by atoms with Crippen molar-refractivity contribution in [3.8, 4) is 5.75 Å². The number of para-hydroxylation sites is 1. The van der Waals surface area contributed by atoms with E-state index in [1.165, 1.54) is 12.1 Å². The summed E-state index contributed by atoms with van der Waals surface area (Å²) in [5, 5.41) is 18.3. The minimum absolute atomic E-state index is 0.149. The Morgan fingerprint density at radius 2 is 2.14 bits per heavy atom. The predicted molar refractivity (Wildman–Crippen MR) is 51.0 cm³/mol. The van der Waals surface area contributed by atoms with Crippen molar-refractivity contribution < 1.29 is 15.0 Å². The number of carboxylic acids is 1. The summed E-state index contributed by atoms with van der Waals surface area (Å²) < 4.78 is 0. The molecule has 0 aliphatic carbocycles. The number of carboxylic acid groups (broad SMARTS) is 1. The lowest BCUT2D eigenvalue weighted by atomic mass is 10.0. The van der Waals surface area contributed by atoms with Crippen LogP contribution in [0.1, 0.15) is 22.0 Å². The van der Waals surface area contributed by atoms with E-state index in [9.17, 15) is 9.90 Å². The first-order valence-electron chi connectivity index (χ1n) is 4.08. The highest BCUT2D eigenvalue weighted by molar-refractivity contribution is 5.91. The second-order valence-electron chi connectivity index (χ2n) is 2.89. The molecule has 0 saturated heterocycles. The Labute approximate surface area is 81.0 Å². The molecule has 14 heavy (non-hydrogen) atoms. The Kier molecular flexibility index (Phi) is 3.06. The van der Waals surface area contributed by atoms with E-state index < -0.39 is 12.0 Å². The number of aromatic carboxylic acids is 1. The summed E-state index contributed by atoms with van der Waals surface area (Å²) in [6.07, 6.45) is 0. The molecule has 1 aromatic rings. The number of hydrogen-bond acceptors (Lipinski definition) is 4. The second kappa shape index (κ2) is 4.08. The van der Waals surface area contributed by atoms with E-state index in [1.807, 2.05) is 0 Å². The van der Waals surface area contributed by atoms with E-state index in [2.05, 4.69) is 0 Å². The lowest BCUT2D eigenvalue weighted by Crippen LogP contribution is -2.21. The molecule has 6 N–H and O–H groups in total. The summed E-state index contributed by atoms with van der Waals surface area (Å²) in [6.45, 7) is 0.149. The van der Waals surface area contributed by atoms with Crippen LogP contribution in [-0.4, -0.2) is 22.7 Å². The van der Waals surface area contributed by atoms with Crippen molar-refractivity contribution in [2.75, 3.05) is 6.54 Å². The van der Waals surface area contributed by atoms with Gasteiger partial charge in [-0.05, 0) is 6.07 Å². The molecule has 5 heteroatoms. The summed E-state index contributed by atoms with van der Waals surface area (Å²) >= 11 is 0. The fraction of sp³-hybridized carbons (Fsp3) is 0.222. The lowest BCUT2D eigenvalue weighted by molar-refractivity contribution is 0.0693. The van der Waals surface area contributed by atoms with Crippen molar-refractivity contribution in [2.24, 2.45) is 11.5 Å². The number of benzene rings is 1. The molecule has 5 nitrogen and oxygen atoms in total. The van der Waals surface area contributed by atoms with Gasteiger partial charge in [-0.2, -0.15) is 0 Å². The highest BCUT2D eigenvalue weighted by Gasteiger charge is 2.16. The molecular weight excluding hydrogens is 184 g/mol. The van der Waals surface area contributed by atoms with Crippen LogP contribution in [0, 0.1) is 0 Å². The van der Waals surface area contributed by atoms with Gasteiger partial charge in [0.1, 0.15) is 11.3 Å². The average Bonchev–Trinajstić information content (AvgIpc) is 2.16. The van der Waals surface area contributed by atoms with Gasteiger partial charge in [-0.1, -0.05) is 12.1 Å². The van der Waals surface area contributed by atoms with Crippen molar-refractivity contribution >= 4 is 5.97 Å². The zero-order valence-corrected chi connectivity index (χ0v) is 7.47. The number of hydrogen-bond donors (Lipinski definition) is 4. The second-order valence-corrected chi connectivity index (χ2v) is 2.89. The number of aromatic hydroxyl groups is 1. The normalized spacial score (nSPS) is 12.4. The standard InChI is InChI=1S/C9H12N2O3/c10-4-7(11)5-2-1-3-6(8(5)12)9(13)14/h1-3,7,12H,4,10-11H2,(H,13,14)/t7-/m1/s1. The van der Waals surface area contributed by atoms with Gasteiger partial charge in [0.2, 0.25) is 0 Å². The fourth-order valence-electron chi connectivity index (χ4n) is 1.16. The van der Waals surface area contributed by atoms with Gasteiger partial charge in [-0.25, -0.2) is 4.79 Å². The lowest BCUT2D eigenvalue weighted by Gasteiger charge is -2.12. The molecule has 0 fully saturated rings. The molecule has 0 amide bonds. The van der Waals surface area contributed by atoms with Gasteiger partial charge >= 0.3 is 5.97 Å². The summed E-state index contributed by atoms with van der Waals surface area (Å²) in [7, 11) is 0. The van der Waals surface area contributed by atoms with Gasteiger partial charge in [0, 0.05) is 18.2 Å². The largest absolute Gasteiger partial charge is 0.507 e. The summed E-state index contributed by atoms with van der Waals surface area (Å²) in [5.41, 5.74) is 11.1. The van der Waals surface area contributed by atoms with Crippen molar-refractivity contribution in [3.05, 3.63) is 29.3 Å². The Morgan fingerprint density at radius 3 is 2.64 bits per heavy atom. The van der Waals surface area contributed by atoms with Crippen LogP contribution >= 0.6 is 0 Å². The first-order valence-corrected chi connectivity index (χ1v) is 4.08. The van der Waals surface area contributed by atoms with Crippen LogP contribution in [0.5, 0.6) is 5.75 Å². The monoisotopic (exact) mass is 196 g/mol. The molecule has 0 spiro atoms. The third-order valence-corrected chi connectivity index (χ3v) is 1.95. The van der Waals surface area contributed by atoms with Gasteiger partial charge in [-0.15, -0.1) is 0 Å². The molecule has 0 bridgehead atoms. The quantitative estimate of drug-likeness (QED) is 0.546. The smallest absolute Gasteiger partial charge is 0.339 e. The third-order valence-electron chi connectivity index (χ3n) is 1.95. The molecule has 0 radical (unpaired) electrons. The Bertz CT molecular complexity index is 352. The predicted octanol–water partition coefficient (Wildman–Crippen LogP) is 0.0489. The highest BCUT2D eigenvalue weighted by Crippen LogP contribution is 2.26. The average molecular weight is 196 g/mol. The van der Waals surface area contributed by atoms with Crippen LogP contribution in [-0.2, 0) is 0 Å². The molecule has 0 heterocycles. The van der Waals surface area contributed by atoms with Crippen molar-refractivity contribution in [1.29, 1.82) is 0 Å². The first kappa shape index (κ1) is 10.5. The van der Waals surface area contributed by atoms with Gasteiger partial charge in [0.25, 0.3) is 0 Å². The molecule has 0 aromatic heterocycles. The molecule has 0 aliphatic rings. The number of carbonyl (C=O) groups is 1. The minimum atomic E-state index is -1.19. The molecule has 1 aromatic carbocycles. The number of nitrogens with two attached hydrogens (primary N) is 2. The number of phenols is 1. The summed E-state index contributed by atoms with van der Waals surface area (Å²) in [6, 6.07) is 3.84. The van der Waals surface area contributed by atoms with Crippen LogP contribution in [0.4, 0.5) is 0 Å². The van der Waals surface area contributed by atoms with Crippen molar-refractivity contribution in [1.82, 2.24) is 0 Å². The number of rotatable bonds is 3. The maximum atomic E-state index is 10.7. The van der Waals surface area contributed by atoms with E-state index in [4.69, 9.17) is 16.6 Å². The van der Waals surface area contributed by atoms with Crippen molar-refractivity contribution in [2.45, 2.75) is 6.04 Å². The SMILES string of the molecule is NC[C@@H](N)c1cccc(C(=O)O)c1O. The third kappa shape index (κ3) is 1.84. The van der Waals surface area contributed by atoms with Crippen molar-refractivity contribution in [3.63, 3.8) is 0 Å². The molecule has 0 aliphatic heterocycles. The van der Waals surface area contributed by atoms with E-state index in [1.54, 1.807) is 6.07 Å². The van der Waals surface area contributed by atoms with E-state index >= 15 is 0 Å². The molecule has 1 rings (SSSR count). The van der Waals surface area contributed by atoms with Crippen LogP contribution < -0.4 is 11.5 Å². The molecule has 76 valence electrons. The van der Waals surface area contributed by atoms with Crippen LogP contribution in [0.25, 0.3) is 0 Å². The fourth-order valence-corrected chi connectivity index (χ4v) is 1.16. The topological polar surface area (TPSA) is 110 Å². The van der Waals surface area contributed by atoms with Crippen LogP contribution in [0.3, 0.4) is 0 Å². The van der Waals surface area contributed by atoms with Gasteiger partial charge in [-0.3, -0.25) is 0 Å². The summed E-state index contributed by atoms with van der Waals surface area (Å²) in [4.78, 5) is 10.7. The van der Waals surface area contributed by atoms with E-state index in [0.29, 0.717) is 5.56 Å². The Morgan fingerprint density at radius 1 is 1.50 bits per heavy atom. The molecule has 0 saturated carbocycles. The van der Waals surface area contributed by atoms with Crippen LogP contribution in [0.15, 0.2) is 18.2 Å². The van der Waals surface area contributed by atoms with E-state index in [0.717, 1.165) is 0 Å². The Balaban J connectivity index is 3.20. The molecule has 0 unspecified atom stereocenters. The van der Waals surface area contributed by atoms with E-state index in [-0.39, 0.29) is 17.9 Å². The van der Waals surface area contributed by atoms with Gasteiger partial charge in [0.05, 0.1) is 0 Å². The maximum Gasteiger partial charge on any atom is 0.339 e. The van der Waals surface area contributed by atoms with Crippen LogP contribution in [0.2, 0.25) is 0 Å². The summed E-state index contributed by atoms with van der Waals surface area (Å²) in [5.74, 6) is -1.49. The van der Waals surface area contributed by atoms with Gasteiger partial charge in [0.15, 0.2) is 0 Å². The molecular formula is C9H12N2O3. The minimum Gasteiger partial charge on any atom is -0.507 e. The zero-order valence-electron chi connectivity index (χ0n) is 7.47. The Hall–Kier alpha value is -1.59. The highest BCUT2D eigenvalue weighted by atomic mass is 16.4.